The third-order valence-electron chi connectivity index (χ3n) is 4.21. The predicted molar refractivity (Wildman–Crippen MR) is 73.2 cm³/mol. The van der Waals surface area contributed by atoms with Crippen molar-refractivity contribution >= 4 is 6.09 Å². The highest BCUT2D eigenvalue weighted by atomic mass is 16.6. The van der Waals surface area contributed by atoms with E-state index in [0.29, 0.717) is 5.75 Å². The number of hydrogen-bond donors (Lipinski definition) is 1. The molecule has 0 aliphatic carbocycles. The zero-order valence-corrected chi connectivity index (χ0v) is 11.1. The number of benzene rings is 1. The second-order valence-electron chi connectivity index (χ2n) is 5.63. The molecule has 1 N–H and O–H groups in total. The Balaban J connectivity index is 1.60. The van der Waals surface area contributed by atoms with Crippen LogP contribution >= 0.6 is 0 Å². The number of nitrogens with zero attached hydrogens (tertiary/aromatic N) is 1. The van der Waals surface area contributed by atoms with Gasteiger partial charge in [0.15, 0.2) is 0 Å². The minimum Gasteiger partial charge on any atom is -0.410 e. The van der Waals surface area contributed by atoms with Gasteiger partial charge in [-0.3, -0.25) is 0 Å². The minimum atomic E-state index is -0.214. The summed E-state index contributed by atoms with van der Waals surface area (Å²) in [6.45, 7) is 3.78. The third kappa shape index (κ3) is 2.73. The Hall–Kier alpha value is -1.55. The lowest BCUT2D eigenvalue weighted by atomic mass is 9.80. The Morgan fingerprint density at radius 3 is 2.84 bits per heavy atom. The standard InChI is InChI=1S/C15H20N2O2/c18-14(19-13-5-2-1-3-6-13)17-10-8-15(12-17)7-4-9-16-11-15/h1-3,5-6,16H,4,7-12H2/t15-/m1/s1. The fraction of sp³-hybridized carbons (Fsp3) is 0.533. The van der Waals surface area contributed by atoms with E-state index in [2.05, 4.69) is 5.32 Å². The maximum atomic E-state index is 12.1. The summed E-state index contributed by atoms with van der Waals surface area (Å²) in [5.41, 5.74) is 0.286. The van der Waals surface area contributed by atoms with Crippen LogP contribution in [0.15, 0.2) is 30.3 Å². The zero-order chi connectivity index (χ0) is 13.1. The van der Waals surface area contributed by atoms with Crippen molar-refractivity contribution in [2.45, 2.75) is 19.3 Å². The van der Waals surface area contributed by atoms with Crippen molar-refractivity contribution in [3.8, 4) is 5.75 Å². The minimum absolute atomic E-state index is 0.214. The maximum Gasteiger partial charge on any atom is 0.415 e. The first-order chi connectivity index (χ1) is 9.27. The van der Waals surface area contributed by atoms with Gasteiger partial charge in [-0.1, -0.05) is 18.2 Å². The molecule has 0 saturated carbocycles. The number of amides is 1. The molecule has 1 amide bonds. The van der Waals surface area contributed by atoms with Crippen LogP contribution in [-0.4, -0.2) is 37.2 Å². The molecular weight excluding hydrogens is 240 g/mol. The van der Waals surface area contributed by atoms with Crippen LogP contribution < -0.4 is 10.1 Å². The van der Waals surface area contributed by atoms with Gasteiger partial charge in [-0.15, -0.1) is 0 Å². The number of para-hydroxylation sites is 1. The molecule has 0 aromatic heterocycles. The summed E-state index contributed by atoms with van der Waals surface area (Å²) in [4.78, 5) is 14.0. The van der Waals surface area contributed by atoms with Crippen molar-refractivity contribution < 1.29 is 9.53 Å². The molecule has 1 atom stereocenters. The van der Waals surface area contributed by atoms with Gasteiger partial charge in [-0.25, -0.2) is 4.79 Å². The second kappa shape index (κ2) is 5.21. The molecule has 4 heteroatoms. The number of piperidine rings is 1. The number of nitrogens with one attached hydrogen (secondary N) is 1. The van der Waals surface area contributed by atoms with Crippen LogP contribution in [0.2, 0.25) is 0 Å². The van der Waals surface area contributed by atoms with Gasteiger partial charge in [0.25, 0.3) is 0 Å². The first-order valence-electron chi connectivity index (χ1n) is 7.00. The number of likely N-dealkylation sites (tertiary alicyclic amines) is 1. The van der Waals surface area contributed by atoms with Crippen LogP contribution in [0.1, 0.15) is 19.3 Å². The van der Waals surface area contributed by atoms with Crippen molar-refractivity contribution in [2.24, 2.45) is 5.41 Å². The Kier molecular flexibility index (Phi) is 3.42. The van der Waals surface area contributed by atoms with Crippen LogP contribution in [-0.2, 0) is 0 Å². The molecule has 1 spiro atoms. The summed E-state index contributed by atoms with van der Waals surface area (Å²) in [5, 5.41) is 3.45. The molecule has 102 valence electrons. The molecule has 0 radical (unpaired) electrons. The lowest BCUT2D eigenvalue weighted by molar-refractivity contribution is 0.149. The van der Waals surface area contributed by atoms with Crippen LogP contribution in [0.5, 0.6) is 5.75 Å². The molecule has 0 unspecified atom stereocenters. The molecule has 2 saturated heterocycles. The first-order valence-corrected chi connectivity index (χ1v) is 7.00. The van der Waals surface area contributed by atoms with E-state index in [4.69, 9.17) is 4.74 Å². The van der Waals surface area contributed by atoms with Gasteiger partial charge >= 0.3 is 6.09 Å². The van der Waals surface area contributed by atoms with Crippen molar-refractivity contribution in [3.05, 3.63) is 30.3 Å². The van der Waals surface area contributed by atoms with Crippen LogP contribution in [0.3, 0.4) is 0 Å². The van der Waals surface area contributed by atoms with Gasteiger partial charge in [-0.2, -0.15) is 0 Å². The molecule has 2 aliphatic rings. The zero-order valence-electron chi connectivity index (χ0n) is 11.1. The number of carbonyl (C=O) groups is 1. The molecule has 0 bridgehead atoms. The van der Waals surface area contributed by atoms with Crippen molar-refractivity contribution in [1.82, 2.24) is 10.2 Å². The van der Waals surface area contributed by atoms with Crippen molar-refractivity contribution in [1.29, 1.82) is 0 Å². The summed E-state index contributed by atoms with van der Waals surface area (Å²) in [7, 11) is 0. The molecule has 2 heterocycles. The molecule has 3 rings (SSSR count). The van der Waals surface area contributed by atoms with Gasteiger partial charge in [0, 0.05) is 25.0 Å². The number of ether oxygens (including phenoxy) is 1. The predicted octanol–water partition coefficient (Wildman–Crippen LogP) is 2.26. The summed E-state index contributed by atoms with van der Waals surface area (Å²) >= 11 is 0. The van der Waals surface area contributed by atoms with E-state index in [1.807, 2.05) is 35.2 Å². The summed E-state index contributed by atoms with van der Waals surface area (Å²) in [6, 6.07) is 9.28. The highest BCUT2D eigenvalue weighted by Gasteiger charge is 2.41. The lowest BCUT2D eigenvalue weighted by Crippen LogP contribution is -2.43. The highest BCUT2D eigenvalue weighted by Crippen LogP contribution is 2.36. The van der Waals surface area contributed by atoms with Crippen LogP contribution in [0, 0.1) is 5.41 Å². The summed E-state index contributed by atoms with van der Waals surface area (Å²) in [5.74, 6) is 0.621. The highest BCUT2D eigenvalue weighted by molar-refractivity contribution is 5.71. The third-order valence-corrected chi connectivity index (χ3v) is 4.21. The van der Waals surface area contributed by atoms with Gasteiger partial charge in [-0.05, 0) is 37.9 Å². The van der Waals surface area contributed by atoms with Gasteiger partial charge in [0.2, 0.25) is 0 Å². The normalized spacial score (nSPS) is 26.6. The fourth-order valence-corrected chi connectivity index (χ4v) is 3.12. The number of hydrogen-bond acceptors (Lipinski definition) is 3. The van der Waals surface area contributed by atoms with Crippen molar-refractivity contribution in [2.75, 3.05) is 26.2 Å². The molecule has 1 aromatic carbocycles. The molecular formula is C15H20N2O2. The Morgan fingerprint density at radius 2 is 2.11 bits per heavy atom. The SMILES string of the molecule is O=C(Oc1ccccc1)N1CC[C@@]2(CCCNC2)C1. The first kappa shape index (κ1) is 12.5. The van der Waals surface area contributed by atoms with Gasteiger partial charge in [0.1, 0.15) is 5.75 Å². The molecule has 1 aromatic rings. The molecule has 2 aliphatic heterocycles. The van der Waals surface area contributed by atoms with E-state index in [-0.39, 0.29) is 11.5 Å². The van der Waals surface area contributed by atoms with Gasteiger partial charge < -0.3 is 15.0 Å². The number of rotatable bonds is 1. The Morgan fingerprint density at radius 1 is 1.26 bits per heavy atom. The van der Waals surface area contributed by atoms with E-state index in [9.17, 15) is 4.79 Å². The van der Waals surface area contributed by atoms with Crippen LogP contribution in [0.25, 0.3) is 0 Å². The molecule has 4 nitrogen and oxygen atoms in total. The second-order valence-corrected chi connectivity index (χ2v) is 5.63. The number of carbonyl (C=O) groups excluding carboxylic acids is 1. The Labute approximate surface area is 113 Å². The summed E-state index contributed by atoms with van der Waals surface area (Å²) < 4.78 is 5.40. The lowest BCUT2D eigenvalue weighted by Gasteiger charge is -2.33. The average Bonchev–Trinajstić information content (AvgIpc) is 2.85. The molecule has 19 heavy (non-hydrogen) atoms. The van der Waals surface area contributed by atoms with E-state index < -0.39 is 0 Å². The van der Waals surface area contributed by atoms with Crippen LogP contribution in [0.4, 0.5) is 4.79 Å². The monoisotopic (exact) mass is 260 g/mol. The Bertz CT molecular complexity index is 441. The quantitative estimate of drug-likeness (QED) is 0.842. The summed E-state index contributed by atoms with van der Waals surface area (Å²) in [6.07, 6.45) is 3.30. The smallest absolute Gasteiger partial charge is 0.410 e. The largest absolute Gasteiger partial charge is 0.415 e. The molecule has 2 fully saturated rings. The van der Waals surface area contributed by atoms with E-state index in [1.54, 1.807) is 0 Å². The van der Waals surface area contributed by atoms with E-state index in [0.717, 1.165) is 32.6 Å². The topological polar surface area (TPSA) is 41.6 Å². The average molecular weight is 260 g/mol. The van der Waals surface area contributed by atoms with E-state index in [1.165, 1.54) is 12.8 Å². The van der Waals surface area contributed by atoms with Crippen molar-refractivity contribution in [3.63, 3.8) is 0 Å². The van der Waals surface area contributed by atoms with E-state index >= 15 is 0 Å². The fourth-order valence-electron chi connectivity index (χ4n) is 3.12. The van der Waals surface area contributed by atoms with Gasteiger partial charge in [0.05, 0.1) is 0 Å². The maximum absolute atomic E-state index is 12.1.